The lowest BCUT2D eigenvalue weighted by atomic mass is 9.90. The van der Waals surface area contributed by atoms with Crippen molar-refractivity contribution in [3.8, 4) is 17.2 Å². The summed E-state index contributed by atoms with van der Waals surface area (Å²) in [6.07, 6.45) is 12.8. The molecule has 0 amide bonds. The monoisotopic (exact) mass is 642 g/mol. The molecule has 0 spiro atoms. The van der Waals surface area contributed by atoms with Crippen molar-refractivity contribution < 1.29 is 42.3 Å². The van der Waals surface area contributed by atoms with Crippen LogP contribution in [-0.2, 0) is 18.9 Å². The number of unbranched alkanes of at least 4 members (excludes halogenated alkanes) is 6. The van der Waals surface area contributed by atoms with Crippen molar-refractivity contribution in [1.82, 2.24) is 0 Å². The highest BCUT2D eigenvalue weighted by atomic mass is 19.1. The quantitative estimate of drug-likeness (QED) is 0.0563. The van der Waals surface area contributed by atoms with Gasteiger partial charge in [0, 0.05) is 31.3 Å². The zero-order chi connectivity index (χ0) is 32.0. The van der Waals surface area contributed by atoms with Crippen LogP contribution in [0.1, 0.15) is 87.9 Å². The third kappa shape index (κ3) is 11.5. The van der Waals surface area contributed by atoms with E-state index < -0.39 is 11.8 Å². The van der Waals surface area contributed by atoms with Crippen LogP contribution >= 0.6 is 0 Å². The number of hydrogen-bond acceptors (Lipinski definition) is 8. The summed E-state index contributed by atoms with van der Waals surface area (Å²) in [7, 11) is 0. The predicted octanol–water partition coefficient (Wildman–Crippen LogP) is 7.56. The molecule has 0 N–H and O–H groups in total. The van der Waals surface area contributed by atoms with E-state index >= 15 is 0 Å². The van der Waals surface area contributed by atoms with Crippen LogP contribution in [-0.4, -0.2) is 71.0 Å². The number of esters is 1. The first-order valence-corrected chi connectivity index (χ1v) is 17.2. The number of ether oxygens (including phenoxy) is 7. The molecule has 2 heterocycles. The van der Waals surface area contributed by atoms with Gasteiger partial charge >= 0.3 is 5.97 Å². The fourth-order valence-corrected chi connectivity index (χ4v) is 5.96. The van der Waals surface area contributed by atoms with Gasteiger partial charge in [0.25, 0.3) is 0 Å². The molecule has 46 heavy (non-hydrogen) atoms. The Morgan fingerprint density at radius 2 is 1.41 bits per heavy atom. The summed E-state index contributed by atoms with van der Waals surface area (Å²) in [6, 6.07) is 11.0. The van der Waals surface area contributed by atoms with Gasteiger partial charge < -0.3 is 33.2 Å². The average Bonchev–Trinajstić information content (AvgIpc) is 3.82. The molecule has 1 aliphatic carbocycles. The molecule has 8 nitrogen and oxygen atoms in total. The van der Waals surface area contributed by atoms with Crippen LogP contribution in [0.25, 0.3) is 0 Å². The molecule has 1 saturated carbocycles. The van der Waals surface area contributed by atoms with Crippen LogP contribution in [0, 0.1) is 17.2 Å². The summed E-state index contributed by atoms with van der Waals surface area (Å²) >= 11 is 0. The number of carbonyl (C=O) groups excluding carboxylic acids is 1. The molecule has 2 aliphatic heterocycles. The van der Waals surface area contributed by atoms with Gasteiger partial charge in [-0.3, -0.25) is 0 Å². The molecular formula is C37H51FO8. The van der Waals surface area contributed by atoms with Gasteiger partial charge in [-0.25, -0.2) is 9.18 Å². The third-order valence-electron chi connectivity index (χ3n) is 8.92. The van der Waals surface area contributed by atoms with Gasteiger partial charge in [0.15, 0.2) is 0 Å². The Kier molecular flexibility index (Phi) is 13.5. The Balaban J connectivity index is 0.875. The minimum Gasteiger partial charge on any atom is -0.494 e. The lowest BCUT2D eigenvalue weighted by Gasteiger charge is -2.37. The van der Waals surface area contributed by atoms with E-state index in [1.54, 1.807) is 30.3 Å². The molecule has 3 unspecified atom stereocenters. The number of fused-ring (bicyclic) bond motifs is 1. The van der Waals surface area contributed by atoms with E-state index in [0.717, 1.165) is 97.4 Å². The summed E-state index contributed by atoms with van der Waals surface area (Å²) in [6.45, 7) is 8.09. The fraction of sp³-hybridized carbons (Fsp3) is 0.649. The van der Waals surface area contributed by atoms with Gasteiger partial charge in [0.05, 0.1) is 50.8 Å². The van der Waals surface area contributed by atoms with Crippen molar-refractivity contribution in [3.05, 3.63) is 53.8 Å². The molecular weight excluding hydrogens is 591 g/mol. The molecule has 2 aromatic rings. The number of benzene rings is 2. The largest absolute Gasteiger partial charge is 0.494 e. The van der Waals surface area contributed by atoms with Crippen molar-refractivity contribution in [3.63, 3.8) is 0 Å². The Bertz CT molecular complexity index is 1200. The standard InChI is InChI=1S/C37H51FO8/c1-37(26-42-27-37)25-41-19-7-3-5-8-20-43-29-11-13-30(14-12-29)45-36(39)32-16-15-31(23-33(32)38)44-21-9-4-2-6-18-40-24-28-10-17-34-35(22-28)46-34/h11-16,23,28,34-35H,2-10,17-22,24-27H2,1H3. The summed E-state index contributed by atoms with van der Waals surface area (Å²) in [5.41, 5.74) is 0.0716. The minimum absolute atomic E-state index is 0.137. The Labute approximate surface area is 273 Å². The summed E-state index contributed by atoms with van der Waals surface area (Å²) in [5, 5.41) is 0. The number of halogens is 1. The van der Waals surface area contributed by atoms with Crippen molar-refractivity contribution in [2.75, 3.05) is 52.9 Å². The smallest absolute Gasteiger partial charge is 0.346 e. The predicted molar refractivity (Wildman–Crippen MR) is 172 cm³/mol. The minimum atomic E-state index is -0.757. The third-order valence-corrected chi connectivity index (χ3v) is 8.92. The van der Waals surface area contributed by atoms with Gasteiger partial charge in [-0.1, -0.05) is 19.8 Å². The van der Waals surface area contributed by atoms with Gasteiger partial charge in [0.1, 0.15) is 23.1 Å². The molecule has 3 fully saturated rings. The van der Waals surface area contributed by atoms with Crippen LogP contribution in [0.3, 0.4) is 0 Å². The van der Waals surface area contributed by atoms with Gasteiger partial charge in [-0.05, 0) is 100 Å². The van der Waals surface area contributed by atoms with E-state index in [0.29, 0.717) is 48.6 Å². The van der Waals surface area contributed by atoms with Crippen LogP contribution in [0.4, 0.5) is 4.39 Å². The molecule has 0 aromatic heterocycles. The highest BCUT2D eigenvalue weighted by molar-refractivity contribution is 5.91. The van der Waals surface area contributed by atoms with E-state index in [2.05, 4.69) is 6.92 Å². The van der Waals surface area contributed by atoms with Crippen LogP contribution < -0.4 is 14.2 Å². The number of rotatable bonds is 22. The maximum atomic E-state index is 14.7. The Morgan fingerprint density at radius 3 is 2.07 bits per heavy atom. The van der Waals surface area contributed by atoms with E-state index in [9.17, 15) is 9.18 Å². The zero-order valence-corrected chi connectivity index (χ0v) is 27.4. The van der Waals surface area contributed by atoms with Gasteiger partial charge in [0.2, 0.25) is 0 Å². The molecule has 3 aliphatic rings. The van der Waals surface area contributed by atoms with Crippen molar-refractivity contribution >= 4 is 5.97 Å². The lowest BCUT2D eigenvalue weighted by Crippen LogP contribution is -2.43. The second-order valence-electron chi connectivity index (χ2n) is 13.4. The van der Waals surface area contributed by atoms with Crippen LogP contribution in [0.15, 0.2) is 42.5 Å². The average molecular weight is 643 g/mol. The molecule has 5 rings (SSSR count). The number of carbonyl (C=O) groups is 1. The molecule has 0 bridgehead atoms. The highest BCUT2D eigenvalue weighted by Crippen LogP contribution is 2.39. The maximum absolute atomic E-state index is 14.7. The summed E-state index contributed by atoms with van der Waals surface area (Å²) < 4.78 is 54.0. The van der Waals surface area contributed by atoms with Crippen molar-refractivity contribution in [2.24, 2.45) is 11.3 Å². The van der Waals surface area contributed by atoms with Crippen LogP contribution in [0.5, 0.6) is 17.2 Å². The number of epoxide rings is 1. The van der Waals surface area contributed by atoms with Crippen molar-refractivity contribution in [2.45, 2.75) is 89.8 Å². The molecule has 3 atom stereocenters. The summed E-state index contributed by atoms with van der Waals surface area (Å²) in [4.78, 5) is 12.6. The van der Waals surface area contributed by atoms with E-state index in [4.69, 9.17) is 33.2 Å². The normalized spacial score (nSPS) is 21.2. The lowest BCUT2D eigenvalue weighted by molar-refractivity contribution is -0.137. The van der Waals surface area contributed by atoms with Gasteiger partial charge in [-0.15, -0.1) is 0 Å². The first-order valence-electron chi connectivity index (χ1n) is 17.2. The van der Waals surface area contributed by atoms with E-state index in [1.165, 1.54) is 25.0 Å². The molecule has 254 valence electrons. The number of hydrogen-bond donors (Lipinski definition) is 0. The van der Waals surface area contributed by atoms with Crippen LogP contribution in [0.2, 0.25) is 0 Å². The molecule has 9 heteroatoms. The molecule has 0 radical (unpaired) electrons. The Hall–Kier alpha value is -2.72. The summed E-state index contributed by atoms with van der Waals surface area (Å²) in [5.74, 6) is 0.645. The van der Waals surface area contributed by atoms with Crippen molar-refractivity contribution in [1.29, 1.82) is 0 Å². The van der Waals surface area contributed by atoms with E-state index in [1.807, 2.05) is 0 Å². The topological polar surface area (TPSA) is 85.0 Å². The first kappa shape index (κ1) is 34.6. The molecule has 2 saturated heterocycles. The first-order chi connectivity index (χ1) is 22.5. The fourth-order valence-electron chi connectivity index (χ4n) is 5.96. The SMILES string of the molecule is CC1(COCCCCCCOc2ccc(OC(=O)c3ccc(OCCCCCCOCC4CCC5OC5C4)cc3F)cc2)COC1. The zero-order valence-electron chi connectivity index (χ0n) is 27.4. The second-order valence-corrected chi connectivity index (χ2v) is 13.4. The molecule has 2 aromatic carbocycles. The Morgan fingerprint density at radius 1 is 0.783 bits per heavy atom. The second kappa shape index (κ2) is 18.0. The maximum Gasteiger partial charge on any atom is 0.346 e. The van der Waals surface area contributed by atoms with E-state index in [-0.39, 0.29) is 11.0 Å². The van der Waals surface area contributed by atoms with Gasteiger partial charge in [-0.2, -0.15) is 0 Å². The highest BCUT2D eigenvalue weighted by Gasteiger charge is 2.43.